The van der Waals surface area contributed by atoms with Gasteiger partial charge in [0.15, 0.2) is 0 Å². The molecule has 0 spiro atoms. The maximum absolute atomic E-state index is 12.3. The zero-order chi connectivity index (χ0) is 16.8. The molecule has 1 amide bonds. The molecule has 8 nitrogen and oxygen atoms in total. The van der Waals surface area contributed by atoms with Gasteiger partial charge in [0.05, 0.1) is 13.2 Å². The van der Waals surface area contributed by atoms with Gasteiger partial charge in [0, 0.05) is 58.4 Å². The van der Waals surface area contributed by atoms with Crippen molar-refractivity contribution in [2.24, 2.45) is 0 Å². The lowest BCUT2D eigenvalue weighted by molar-refractivity contribution is 0.0383. The third kappa shape index (κ3) is 4.62. The standard InChI is InChI=1S/C16H26N6O2/c1-20-4-6-22(7-5-20)15-12-14(18-13-19-15)16(23)17-2-3-21-8-10-24-11-9-21/h12-13H,2-11H2,1H3,(H,17,23). The monoisotopic (exact) mass is 334 g/mol. The van der Waals surface area contributed by atoms with E-state index in [-0.39, 0.29) is 5.91 Å². The van der Waals surface area contributed by atoms with Crippen molar-refractivity contribution in [1.82, 2.24) is 25.1 Å². The first-order valence-corrected chi connectivity index (χ1v) is 8.56. The Balaban J connectivity index is 1.50. The Bertz CT molecular complexity index is 541. The number of hydrogen-bond donors (Lipinski definition) is 1. The van der Waals surface area contributed by atoms with E-state index in [9.17, 15) is 4.79 Å². The average Bonchev–Trinajstić information content (AvgIpc) is 2.63. The van der Waals surface area contributed by atoms with E-state index in [4.69, 9.17) is 4.74 Å². The van der Waals surface area contributed by atoms with Crippen LogP contribution in [-0.2, 0) is 4.74 Å². The number of anilines is 1. The number of rotatable bonds is 5. The van der Waals surface area contributed by atoms with Crippen LogP contribution >= 0.6 is 0 Å². The molecule has 0 atom stereocenters. The van der Waals surface area contributed by atoms with Crippen molar-refractivity contribution in [2.45, 2.75) is 0 Å². The molecule has 2 saturated heterocycles. The summed E-state index contributed by atoms with van der Waals surface area (Å²) in [5.41, 5.74) is 0.431. The summed E-state index contributed by atoms with van der Waals surface area (Å²) in [6, 6.07) is 1.79. The highest BCUT2D eigenvalue weighted by atomic mass is 16.5. The molecule has 3 rings (SSSR count). The summed E-state index contributed by atoms with van der Waals surface area (Å²) in [5, 5.41) is 2.95. The van der Waals surface area contributed by atoms with Crippen molar-refractivity contribution in [3.8, 4) is 0 Å². The second kappa shape index (κ2) is 8.36. The zero-order valence-electron chi connectivity index (χ0n) is 14.3. The largest absolute Gasteiger partial charge is 0.379 e. The smallest absolute Gasteiger partial charge is 0.270 e. The summed E-state index contributed by atoms with van der Waals surface area (Å²) in [5.74, 6) is 0.692. The Morgan fingerprint density at radius 2 is 1.92 bits per heavy atom. The Labute approximate surface area is 142 Å². The van der Waals surface area contributed by atoms with Gasteiger partial charge in [-0.2, -0.15) is 0 Å². The summed E-state index contributed by atoms with van der Waals surface area (Å²) in [6.45, 7) is 8.71. The molecule has 0 aromatic carbocycles. The van der Waals surface area contributed by atoms with Gasteiger partial charge in [-0.15, -0.1) is 0 Å². The van der Waals surface area contributed by atoms with E-state index in [0.717, 1.165) is 64.8 Å². The van der Waals surface area contributed by atoms with Crippen LogP contribution in [0.3, 0.4) is 0 Å². The van der Waals surface area contributed by atoms with Crippen LogP contribution in [0.15, 0.2) is 12.4 Å². The van der Waals surface area contributed by atoms with Crippen LogP contribution in [-0.4, -0.2) is 98.3 Å². The van der Waals surface area contributed by atoms with Gasteiger partial charge in [-0.3, -0.25) is 9.69 Å². The van der Waals surface area contributed by atoms with Crippen molar-refractivity contribution in [1.29, 1.82) is 0 Å². The van der Waals surface area contributed by atoms with E-state index in [1.165, 1.54) is 6.33 Å². The highest BCUT2D eigenvalue weighted by Crippen LogP contribution is 2.13. The molecule has 3 heterocycles. The van der Waals surface area contributed by atoms with E-state index >= 15 is 0 Å². The van der Waals surface area contributed by atoms with Gasteiger partial charge in [0.2, 0.25) is 0 Å². The van der Waals surface area contributed by atoms with Crippen LogP contribution in [0.4, 0.5) is 5.82 Å². The van der Waals surface area contributed by atoms with Crippen LogP contribution in [0.1, 0.15) is 10.5 Å². The predicted octanol–water partition coefficient (Wildman–Crippen LogP) is -0.710. The Kier molecular flexibility index (Phi) is 5.95. The molecule has 0 saturated carbocycles. The zero-order valence-corrected chi connectivity index (χ0v) is 14.3. The molecule has 132 valence electrons. The molecule has 24 heavy (non-hydrogen) atoms. The number of carbonyl (C=O) groups is 1. The topological polar surface area (TPSA) is 73.8 Å². The molecule has 0 unspecified atom stereocenters. The molecule has 2 aliphatic heterocycles. The van der Waals surface area contributed by atoms with Crippen molar-refractivity contribution < 1.29 is 9.53 Å². The number of nitrogens with zero attached hydrogens (tertiary/aromatic N) is 5. The highest BCUT2D eigenvalue weighted by molar-refractivity contribution is 5.92. The van der Waals surface area contributed by atoms with Gasteiger partial charge in [-0.25, -0.2) is 9.97 Å². The van der Waals surface area contributed by atoms with E-state index in [1.807, 2.05) is 0 Å². The van der Waals surface area contributed by atoms with E-state index in [1.54, 1.807) is 6.07 Å². The minimum atomic E-state index is -0.138. The van der Waals surface area contributed by atoms with Crippen molar-refractivity contribution in [3.05, 3.63) is 18.1 Å². The van der Waals surface area contributed by atoms with E-state index in [0.29, 0.717) is 12.2 Å². The lowest BCUT2D eigenvalue weighted by atomic mass is 10.3. The third-order valence-corrected chi connectivity index (χ3v) is 4.53. The first-order valence-electron chi connectivity index (χ1n) is 8.56. The number of likely N-dealkylation sites (N-methyl/N-ethyl adjacent to an activating group) is 1. The second-order valence-electron chi connectivity index (χ2n) is 6.26. The van der Waals surface area contributed by atoms with E-state index < -0.39 is 0 Å². The lowest BCUT2D eigenvalue weighted by Gasteiger charge is -2.33. The van der Waals surface area contributed by atoms with Crippen LogP contribution in [0, 0.1) is 0 Å². The fourth-order valence-corrected chi connectivity index (χ4v) is 2.92. The van der Waals surface area contributed by atoms with Gasteiger partial charge in [-0.05, 0) is 7.05 Å². The summed E-state index contributed by atoms with van der Waals surface area (Å²) in [4.78, 5) is 27.5. The normalized spacial score (nSPS) is 20.1. The van der Waals surface area contributed by atoms with E-state index in [2.05, 4.69) is 37.0 Å². The number of aromatic nitrogens is 2. The fraction of sp³-hybridized carbons (Fsp3) is 0.688. The number of morpholine rings is 1. The minimum absolute atomic E-state index is 0.138. The molecule has 1 aromatic rings. The average molecular weight is 334 g/mol. The second-order valence-corrected chi connectivity index (χ2v) is 6.26. The van der Waals surface area contributed by atoms with Gasteiger partial charge in [0.25, 0.3) is 5.91 Å². The fourth-order valence-electron chi connectivity index (χ4n) is 2.92. The summed E-state index contributed by atoms with van der Waals surface area (Å²) in [6.07, 6.45) is 1.48. The number of piperazine rings is 1. The van der Waals surface area contributed by atoms with Crippen LogP contribution in [0.5, 0.6) is 0 Å². The number of hydrogen-bond acceptors (Lipinski definition) is 7. The Hall–Kier alpha value is -1.77. The van der Waals surface area contributed by atoms with Crippen LogP contribution < -0.4 is 10.2 Å². The first kappa shape index (κ1) is 17.1. The lowest BCUT2D eigenvalue weighted by Crippen LogP contribution is -2.45. The molecule has 0 aliphatic carbocycles. The van der Waals surface area contributed by atoms with Crippen molar-refractivity contribution in [2.75, 3.05) is 77.5 Å². The Morgan fingerprint density at radius 1 is 1.17 bits per heavy atom. The number of ether oxygens (including phenoxy) is 1. The SMILES string of the molecule is CN1CCN(c2cc(C(=O)NCCN3CCOCC3)ncn2)CC1. The third-order valence-electron chi connectivity index (χ3n) is 4.53. The molecule has 0 bridgehead atoms. The molecule has 8 heteroatoms. The molecule has 1 N–H and O–H groups in total. The van der Waals surface area contributed by atoms with Crippen LogP contribution in [0.2, 0.25) is 0 Å². The van der Waals surface area contributed by atoms with Gasteiger partial charge in [0.1, 0.15) is 17.8 Å². The molecule has 0 radical (unpaired) electrons. The minimum Gasteiger partial charge on any atom is -0.379 e. The van der Waals surface area contributed by atoms with Crippen molar-refractivity contribution >= 4 is 11.7 Å². The first-order chi connectivity index (χ1) is 11.7. The van der Waals surface area contributed by atoms with Crippen LogP contribution in [0.25, 0.3) is 0 Å². The van der Waals surface area contributed by atoms with Gasteiger partial charge < -0.3 is 19.9 Å². The Morgan fingerprint density at radius 3 is 2.67 bits per heavy atom. The number of nitrogens with one attached hydrogen (secondary N) is 1. The van der Waals surface area contributed by atoms with Gasteiger partial charge in [-0.1, -0.05) is 0 Å². The summed E-state index contributed by atoms with van der Waals surface area (Å²) in [7, 11) is 2.12. The molecular weight excluding hydrogens is 308 g/mol. The molecular formula is C16H26N6O2. The molecule has 2 aliphatic rings. The maximum atomic E-state index is 12.3. The van der Waals surface area contributed by atoms with Gasteiger partial charge >= 0.3 is 0 Å². The molecule has 2 fully saturated rings. The quantitative estimate of drug-likeness (QED) is 0.762. The number of carbonyl (C=O) groups excluding carboxylic acids is 1. The summed E-state index contributed by atoms with van der Waals surface area (Å²) >= 11 is 0. The summed E-state index contributed by atoms with van der Waals surface area (Å²) < 4.78 is 5.32. The van der Waals surface area contributed by atoms with Crippen molar-refractivity contribution in [3.63, 3.8) is 0 Å². The molecule has 1 aromatic heterocycles. The highest BCUT2D eigenvalue weighted by Gasteiger charge is 2.17. The predicted molar refractivity (Wildman–Crippen MR) is 91.3 cm³/mol. The maximum Gasteiger partial charge on any atom is 0.270 e. The number of amides is 1.